The molecule has 2 aromatic carbocycles. The third-order valence-corrected chi connectivity index (χ3v) is 9.38. The molecule has 0 atom stereocenters. The van der Waals surface area contributed by atoms with Crippen molar-refractivity contribution < 1.29 is 9.40 Å². The minimum Gasteiger partial charge on any atom is -0.456 e. The highest BCUT2D eigenvalue weighted by Crippen LogP contribution is 2.47. The third-order valence-electron chi connectivity index (χ3n) is 8.28. The van der Waals surface area contributed by atoms with Crippen molar-refractivity contribution in [2.75, 3.05) is 11.4 Å². The van der Waals surface area contributed by atoms with E-state index in [0.717, 1.165) is 52.4 Å². The highest BCUT2D eigenvalue weighted by Gasteiger charge is 2.38. The van der Waals surface area contributed by atoms with Crippen LogP contribution in [0.2, 0.25) is 0 Å². The van der Waals surface area contributed by atoms with Crippen LogP contribution in [0.15, 0.2) is 93.8 Å². The fourth-order valence-electron chi connectivity index (χ4n) is 6.28. The van der Waals surface area contributed by atoms with Gasteiger partial charge in [-0.15, -0.1) is 0 Å². The van der Waals surface area contributed by atoms with Crippen molar-refractivity contribution in [2.24, 2.45) is 0 Å². The van der Waals surface area contributed by atoms with Crippen molar-refractivity contribution in [3.8, 4) is 21.9 Å². The number of thiazole rings is 1. The smallest absolute Gasteiger partial charge is 0.272 e. The molecule has 0 saturated heterocycles. The first-order valence-electron chi connectivity index (χ1n) is 13.7. The largest absolute Gasteiger partial charge is 0.456 e. The molecule has 1 aromatic heterocycles. The molecule has 0 fully saturated rings. The van der Waals surface area contributed by atoms with Crippen molar-refractivity contribution in [3.63, 3.8) is 0 Å². The lowest BCUT2D eigenvalue weighted by atomic mass is 9.83. The van der Waals surface area contributed by atoms with Crippen LogP contribution in [0.3, 0.4) is 0 Å². The molecule has 2 aliphatic carbocycles. The Morgan fingerprint density at radius 3 is 2.69 bits per heavy atom. The van der Waals surface area contributed by atoms with Crippen LogP contribution in [0.5, 0.6) is 0 Å². The van der Waals surface area contributed by atoms with E-state index in [1.54, 1.807) is 17.4 Å². The number of hydrogen-bond acceptors (Lipinski definition) is 4. The summed E-state index contributed by atoms with van der Waals surface area (Å²) in [6.45, 7) is 7.74. The standard InChI is InChI=1S/C34H30N2O2S/c1-4-36-27-14-7-5-12-25(27)34(2,3)31(36)17-16-21-10-9-11-22-18-23-19-24(28(37)20-29(23)38-32(21)22)33-35-26-13-6-8-15-30(26)39-33/h5-8,12-20H,4,9-11H2,1-3H3/p+1. The van der Waals surface area contributed by atoms with Crippen LogP contribution in [-0.4, -0.2) is 6.54 Å². The zero-order valence-electron chi connectivity index (χ0n) is 22.5. The zero-order valence-corrected chi connectivity index (χ0v) is 23.3. The summed E-state index contributed by atoms with van der Waals surface area (Å²) in [4.78, 5) is 19.0. The van der Waals surface area contributed by atoms with Gasteiger partial charge in [0, 0.05) is 41.0 Å². The summed E-state index contributed by atoms with van der Waals surface area (Å²) in [5.74, 6) is 1.57. The molecule has 0 amide bonds. The Bertz CT molecular complexity index is 1800. The molecule has 3 heterocycles. The van der Waals surface area contributed by atoms with Gasteiger partial charge in [-0.1, -0.05) is 61.6 Å². The quantitative estimate of drug-likeness (QED) is 0.238. The molecule has 7 rings (SSSR count). The number of nitrogens with zero attached hydrogens (tertiary/aromatic N) is 1. The maximum Gasteiger partial charge on any atom is 0.272 e. The second-order valence-corrected chi connectivity index (χ2v) is 12.1. The first kappa shape index (κ1) is 24.1. The first-order chi connectivity index (χ1) is 18.9. The summed E-state index contributed by atoms with van der Waals surface area (Å²) >= 11 is 1.61. The summed E-state index contributed by atoms with van der Waals surface area (Å²) in [7, 11) is 0. The Balaban J connectivity index is 1.30. The molecule has 3 aromatic rings. The minimum absolute atomic E-state index is 0.0264. The molecule has 5 heteroatoms. The highest BCUT2D eigenvalue weighted by molar-refractivity contribution is 7.21. The van der Waals surface area contributed by atoms with Crippen LogP contribution in [0.4, 0.5) is 5.69 Å². The number of para-hydroxylation sites is 2. The van der Waals surface area contributed by atoms with Crippen molar-refractivity contribution in [1.29, 1.82) is 0 Å². The van der Waals surface area contributed by atoms with Gasteiger partial charge in [0.15, 0.2) is 5.43 Å². The number of allylic oxidation sites excluding steroid dienone is 4. The van der Waals surface area contributed by atoms with E-state index >= 15 is 0 Å². The number of aryl methyl sites for hydroxylation is 1. The van der Waals surface area contributed by atoms with E-state index < -0.39 is 0 Å². The number of H-pyrrole nitrogens is 1. The van der Waals surface area contributed by atoms with Crippen molar-refractivity contribution in [3.05, 3.63) is 112 Å². The van der Waals surface area contributed by atoms with E-state index in [0.29, 0.717) is 11.3 Å². The molecule has 0 radical (unpaired) electrons. The molecule has 4 nitrogen and oxygen atoms in total. The molecular formula is C34H31N2O2S+. The maximum atomic E-state index is 13.2. The van der Waals surface area contributed by atoms with Gasteiger partial charge in [-0.05, 0) is 73.2 Å². The average molecular weight is 532 g/mol. The van der Waals surface area contributed by atoms with E-state index in [4.69, 9.17) is 4.42 Å². The van der Waals surface area contributed by atoms with E-state index in [-0.39, 0.29) is 10.8 Å². The summed E-state index contributed by atoms with van der Waals surface area (Å²) in [6, 6.07) is 22.7. The summed E-state index contributed by atoms with van der Waals surface area (Å²) in [5.41, 5.74) is 8.99. The number of hydrogen-bond donors (Lipinski definition) is 0. The Labute approximate surface area is 232 Å². The topological polar surface area (TPSA) is 47.6 Å². The van der Waals surface area contributed by atoms with Crippen LogP contribution < -0.4 is 15.3 Å². The van der Waals surface area contributed by atoms with Gasteiger partial charge in [0.1, 0.15) is 21.8 Å². The Morgan fingerprint density at radius 1 is 1.03 bits per heavy atom. The lowest BCUT2D eigenvalue weighted by Crippen LogP contribution is -2.25. The fourth-order valence-corrected chi connectivity index (χ4v) is 7.31. The maximum absolute atomic E-state index is 13.2. The predicted octanol–water partition coefficient (Wildman–Crippen LogP) is 7.86. The average Bonchev–Trinajstić information content (AvgIpc) is 3.46. The predicted molar refractivity (Wildman–Crippen MR) is 160 cm³/mol. The summed E-state index contributed by atoms with van der Waals surface area (Å²) in [5, 5.41) is 0.883. The minimum atomic E-state index is -0.0703. The van der Waals surface area contributed by atoms with Crippen molar-refractivity contribution >= 4 is 32.8 Å². The third kappa shape index (κ3) is 3.87. The van der Waals surface area contributed by atoms with Gasteiger partial charge >= 0.3 is 0 Å². The lowest BCUT2D eigenvalue weighted by Gasteiger charge is -2.26. The summed E-state index contributed by atoms with van der Waals surface area (Å²) in [6.07, 6.45) is 7.56. The Hall–Kier alpha value is -3.96. The van der Waals surface area contributed by atoms with Gasteiger partial charge in [0.05, 0.1) is 0 Å². The molecule has 0 spiro atoms. The number of nitrogens with one attached hydrogen (secondary N) is 1. The van der Waals surface area contributed by atoms with Gasteiger partial charge in [-0.3, -0.25) is 4.79 Å². The normalized spacial score (nSPS) is 18.3. The van der Waals surface area contributed by atoms with E-state index in [9.17, 15) is 4.79 Å². The van der Waals surface area contributed by atoms with Crippen LogP contribution in [0, 0.1) is 0 Å². The summed E-state index contributed by atoms with van der Waals surface area (Å²) < 4.78 is 7.63. The number of aromatic amines is 1. The molecule has 1 N–H and O–H groups in total. The van der Waals surface area contributed by atoms with Gasteiger partial charge in [0.2, 0.25) is 5.52 Å². The van der Waals surface area contributed by atoms with Crippen LogP contribution in [0.25, 0.3) is 37.7 Å². The molecule has 0 saturated carbocycles. The number of rotatable bonds is 3. The number of benzene rings is 3. The van der Waals surface area contributed by atoms with Crippen molar-refractivity contribution in [1.82, 2.24) is 0 Å². The molecule has 0 bridgehead atoms. The fraction of sp³-hybridized carbons (Fsp3) is 0.235. The number of aromatic nitrogens is 1. The number of likely N-dealkylation sites (N-methyl/N-ethyl adjacent to an activating group) is 1. The van der Waals surface area contributed by atoms with Crippen molar-refractivity contribution in [2.45, 2.75) is 45.4 Å². The van der Waals surface area contributed by atoms with Crippen LogP contribution in [0.1, 0.15) is 50.5 Å². The molecule has 39 heavy (non-hydrogen) atoms. The van der Waals surface area contributed by atoms with Crippen LogP contribution in [-0.2, 0) is 11.8 Å². The Kier molecular flexibility index (Phi) is 5.60. The van der Waals surface area contributed by atoms with Gasteiger partial charge in [-0.2, -0.15) is 4.98 Å². The molecule has 194 valence electrons. The molecular weight excluding hydrogens is 500 g/mol. The second kappa shape index (κ2) is 9.06. The van der Waals surface area contributed by atoms with Crippen LogP contribution >= 0.6 is 11.3 Å². The number of fused-ring (bicyclic) bond motifs is 4. The lowest BCUT2D eigenvalue weighted by molar-refractivity contribution is -0.325. The van der Waals surface area contributed by atoms with Gasteiger partial charge in [-0.25, -0.2) is 0 Å². The molecule has 0 unspecified atom stereocenters. The van der Waals surface area contributed by atoms with E-state index in [1.165, 1.54) is 28.1 Å². The van der Waals surface area contributed by atoms with E-state index in [1.807, 2.05) is 24.3 Å². The van der Waals surface area contributed by atoms with Gasteiger partial charge < -0.3 is 9.32 Å². The first-order valence-corrected chi connectivity index (χ1v) is 14.6. The highest BCUT2D eigenvalue weighted by atomic mass is 32.1. The second-order valence-electron chi connectivity index (χ2n) is 11.0. The van der Waals surface area contributed by atoms with E-state index in [2.05, 4.69) is 79.2 Å². The molecule has 2 aliphatic heterocycles. The van der Waals surface area contributed by atoms with Gasteiger partial charge in [0.25, 0.3) is 5.01 Å². The number of anilines is 1. The monoisotopic (exact) mass is 531 g/mol. The zero-order chi connectivity index (χ0) is 26.7. The SMILES string of the molecule is CCN1C(=CC=C2CCCc3cc4cc(-c5[nH+]c6ccccc6s5)c(=O)cc-4oc32)C(C)(C)c2ccccc21. The Morgan fingerprint density at radius 2 is 1.85 bits per heavy atom. The molecule has 4 aliphatic rings.